The number of rotatable bonds is 8. The SMILES string of the molecule is CC(C)CCOCCOC(=O)c1ccc(N(C)C)c(N)c1. The predicted octanol–water partition coefficient (Wildman–Crippen LogP) is 2.55. The summed E-state index contributed by atoms with van der Waals surface area (Å²) in [6, 6.07) is 5.16. The van der Waals surface area contributed by atoms with Gasteiger partial charge in [0.05, 0.1) is 23.5 Å². The lowest BCUT2D eigenvalue weighted by Gasteiger charge is -2.15. The fraction of sp³-hybridized carbons (Fsp3) is 0.562. The molecule has 118 valence electrons. The van der Waals surface area contributed by atoms with Gasteiger partial charge in [-0.15, -0.1) is 0 Å². The van der Waals surface area contributed by atoms with Crippen molar-refractivity contribution < 1.29 is 14.3 Å². The van der Waals surface area contributed by atoms with E-state index in [1.165, 1.54) is 0 Å². The molecule has 0 bridgehead atoms. The summed E-state index contributed by atoms with van der Waals surface area (Å²) in [6.07, 6.45) is 1.01. The van der Waals surface area contributed by atoms with Gasteiger partial charge in [0.15, 0.2) is 0 Å². The normalized spacial score (nSPS) is 10.7. The van der Waals surface area contributed by atoms with Crippen LogP contribution >= 0.6 is 0 Å². The molecular formula is C16H26N2O3. The average molecular weight is 294 g/mol. The maximum Gasteiger partial charge on any atom is 0.338 e. The lowest BCUT2D eigenvalue weighted by Crippen LogP contribution is -2.14. The Balaban J connectivity index is 2.37. The van der Waals surface area contributed by atoms with Crippen LogP contribution in [0.5, 0.6) is 0 Å². The van der Waals surface area contributed by atoms with Gasteiger partial charge in [0, 0.05) is 20.7 Å². The molecule has 0 spiro atoms. The third kappa shape index (κ3) is 6.04. The Morgan fingerprint density at radius 1 is 1.24 bits per heavy atom. The van der Waals surface area contributed by atoms with Crippen molar-refractivity contribution in [3.05, 3.63) is 23.8 Å². The van der Waals surface area contributed by atoms with Crippen molar-refractivity contribution in [2.24, 2.45) is 5.92 Å². The van der Waals surface area contributed by atoms with E-state index in [4.69, 9.17) is 15.2 Å². The zero-order chi connectivity index (χ0) is 15.8. The maximum atomic E-state index is 11.9. The average Bonchev–Trinajstić information content (AvgIpc) is 2.41. The van der Waals surface area contributed by atoms with E-state index in [0.717, 1.165) is 12.1 Å². The molecule has 0 saturated heterocycles. The van der Waals surface area contributed by atoms with Crippen LogP contribution in [-0.2, 0) is 9.47 Å². The highest BCUT2D eigenvalue weighted by molar-refractivity contribution is 5.92. The summed E-state index contributed by atoms with van der Waals surface area (Å²) in [5.74, 6) is 0.241. The van der Waals surface area contributed by atoms with E-state index in [9.17, 15) is 4.79 Å². The zero-order valence-corrected chi connectivity index (χ0v) is 13.4. The van der Waals surface area contributed by atoms with Gasteiger partial charge in [-0.1, -0.05) is 13.8 Å². The van der Waals surface area contributed by atoms with Gasteiger partial charge in [-0.3, -0.25) is 0 Å². The van der Waals surface area contributed by atoms with Crippen LogP contribution in [0.2, 0.25) is 0 Å². The molecule has 0 unspecified atom stereocenters. The number of hydrogen-bond donors (Lipinski definition) is 1. The number of nitrogen functional groups attached to an aromatic ring is 1. The fourth-order valence-electron chi connectivity index (χ4n) is 1.79. The molecule has 0 aliphatic heterocycles. The summed E-state index contributed by atoms with van der Waals surface area (Å²) in [6.45, 7) is 5.66. The lowest BCUT2D eigenvalue weighted by atomic mass is 10.1. The molecule has 0 amide bonds. The minimum atomic E-state index is -0.375. The molecular weight excluding hydrogens is 268 g/mol. The van der Waals surface area contributed by atoms with Crippen LogP contribution in [0.1, 0.15) is 30.6 Å². The summed E-state index contributed by atoms with van der Waals surface area (Å²) in [7, 11) is 3.80. The number of nitrogens with zero attached hydrogens (tertiary/aromatic N) is 1. The Bertz CT molecular complexity index is 459. The number of carbonyl (C=O) groups is 1. The largest absolute Gasteiger partial charge is 0.460 e. The van der Waals surface area contributed by atoms with Gasteiger partial charge in [-0.2, -0.15) is 0 Å². The van der Waals surface area contributed by atoms with E-state index in [0.29, 0.717) is 30.4 Å². The number of carbonyl (C=O) groups excluding carboxylic acids is 1. The molecule has 0 radical (unpaired) electrons. The molecule has 1 aromatic carbocycles. The number of benzene rings is 1. The van der Waals surface area contributed by atoms with Crippen LogP contribution in [-0.4, -0.2) is 39.9 Å². The van der Waals surface area contributed by atoms with Crippen molar-refractivity contribution in [3.8, 4) is 0 Å². The summed E-state index contributed by atoms with van der Waals surface area (Å²) in [4.78, 5) is 13.8. The molecule has 1 aromatic rings. The van der Waals surface area contributed by atoms with E-state index >= 15 is 0 Å². The molecule has 0 aliphatic carbocycles. The monoisotopic (exact) mass is 294 g/mol. The molecule has 0 saturated carbocycles. The second kappa shape index (κ2) is 8.52. The van der Waals surface area contributed by atoms with Crippen molar-refractivity contribution >= 4 is 17.3 Å². The first kappa shape index (κ1) is 17.3. The van der Waals surface area contributed by atoms with Crippen LogP contribution in [0, 0.1) is 5.92 Å². The van der Waals surface area contributed by atoms with Crippen molar-refractivity contribution in [1.82, 2.24) is 0 Å². The van der Waals surface area contributed by atoms with Crippen LogP contribution < -0.4 is 10.6 Å². The number of esters is 1. The maximum absolute atomic E-state index is 11.9. The zero-order valence-electron chi connectivity index (χ0n) is 13.4. The lowest BCUT2D eigenvalue weighted by molar-refractivity contribution is 0.0303. The Morgan fingerprint density at radius 2 is 1.95 bits per heavy atom. The highest BCUT2D eigenvalue weighted by Crippen LogP contribution is 2.22. The Morgan fingerprint density at radius 3 is 2.52 bits per heavy atom. The molecule has 0 fully saturated rings. The van der Waals surface area contributed by atoms with Crippen molar-refractivity contribution in [1.29, 1.82) is 0 Å². The minimum Gasteiger partial charge on any atom is -0.460 e. The fourth-order valence-corrected chi connectivity index (χ4v) is 1.79. The van der Waals surface area contributed by atoms with Gasteiger partial charge in [-0.25, -0.2) is 4.79 Å². The van der Waals surface area contributed by atoms with Crippen LogP contribution in [0.3, 0.4) is 0 Å². The van der Waals surface area contributed by atoms with Crippen LogP contribution in [0.25, 0.3) is 0 Å². The molecule has 5 heteroatoms. The first-order valence-electron chi connectivity index (χ1n) is 7.23. The second-order valence-electron chi connectivity index (χ2n) is 5.60. The van der Waals surface area contributed by atoms with Crippen LogP contribution in [0.15, 0.2) is 18.2 Å². The molecule has 0 heterocycles. The van der Waals surface area contributed by atoms with Crippen molar-refractivity contribution in [2.45, 2.75) is 20.3 Å². The molecule has 0 atom stereocenters. The number of nitrogens with two attached hydrogens (primary N) is 1. The molecule has 0 aliphatic rings. The van der Waals surface area contributed by atoms with Gasteiger partial charge in [0.2, 0.25) is 0 Å². The van der Waals surface area contributed by atoms with E-state index in [1.54, 1.807) is 12.1 Å². The predicted molar refractivity (Wildman–Crippen MR) is 85.7 cm³/mol. The Hall–Kier alpha value is -1.75. The number of anilines is 2. The Labute approximate surface area is 127 Å². The van der Waals surface area contributed by atoms with Gasteiger partial charge >= 0.3 is 5.97 Å². The first-order chi connectivity index (χ1) is 9.91. The summed E-state index contributed by atoms with van der Waals surface area (Å²) < 4.78 is 10.6. The first-order valence-corrected chi connectivity index (χ1v) is 7.23. The van der Waals surface area contributed by atoms with Crippen molar-refractivity contribution in [3.63, 3.8) is 0 Å². The second-order valence-corrected chi connectivity index (χ2v) is 5.60. The van der Waals surface area contributed by atoms with Crippen LogP contribution in [0.4, 0.5) is 11.4 Å². The van der Waals surface area contributed by atoms with Gasteiger partial charge in [0.25, 0.3) is 0 Å². The highest BCUT2D eigenvalue weighted by atomic mass is 16.6. The third-order valence-corrected chi connectivity index (χ3v) is 3.05. The molecule has 2 N–H and O–H groups in total. The van der Waals surface area contributed by atoms with E-state index in [-0.39, 0.29) is 12.6 Å². The highest BCUT2D eigenvalue weighted by Gasteiger charge is 2.10. The Kier molecular flexibility index (Phi) is 7.02. The standard InChI is InChI=1S/C16H26N2O3/c1-12(2)7-8-20-9-10-21-16(19)13-5-6-15(18(3)4)14(17)11-13/h5-6,11-12H,7-10,17H2,1-4H3. The number of hydrogen-bond acceptors (Lipinski definition) is 5. The third-order valence-electron chi connectivity index (χ3n) is 3.05. The van der Waals surface area contributed by atoms with E-state index in [1.807, 2.05) is 25.1 Å². The minimum absolute atomic E-state index is 0.256. The molecule has 0 aromatic heterocycles. The number of ether oxygens (including phenoxy) is 2. The smallest absolute Gasteiger partial charge is 0.338 e. The van der Waals surface area contributed by atoms with Crippen molar-refractivity contribution in [2.75, 3.05) is 44.5 Å². The molecule has 1 rings (SSSR count). The summed E-state index contributed by atoms with van der Waals surface area (Å²) >= 11 is 0. The van der Waals surface area contributed by atoms with Gasteiger partial charge in [0.1, 0.15) is 6.61 Å². The van der Waals surface area contributed by atoms with E-state index in [2.05, 4.69) is 13.8 Å². The van der Waals surface area contributed by atoms with Gasteiger partial charge in [-0.05, 0) is 30.5 Å². The van der Waals surface area contributed by atoms with Gasteiger partial charge < -0.3 is 20.1 Å². The van der Waals surface area contributed by atoms with E-state index < -0.39 is 0 Å². The summed E-state index contributed by atoms with van der Waals surface area (Å²) in [5, 5.41) is 0. The molecule has 21 heavy (non-hydrogen) atoms. The molecule has 5 nitrogen and oxygen atoms in total. The topological polar surface area (TPSA) is 64.8 Å². The quantitative estimate of drug-likeness (QED) is 0.453. The summed E-state index contributed by atoms with van der Waals surface area (Å²) in [5.41, 5.74) is 7.80.